The highest BCUT2D eigenvalue weighted by Crippen LogP contribution is 2.41. The van der Waals surface area contributed by atoms with Gasteiger partial charge in [-0.25, -0.2) is 0 Å². The molecule has 1 aliphatic heterocycles. The number of rotatable bonds is 8. The Morgan fingerprint density at radius 2 is 2.04 bits per heavy atom. The summed E-state index contributed by atoms with van der Waals surface area (Å²) in [6, 6.07) is 4.22. The van der Waals surface area contributed by atoms with E-state index >= 15 is 0 Å². The molecule has 0 bridgehead atoms. The fraction of sp³-hybridized carbons (Fsp3) is 0.556. The van der Waals surface area contributed by atoms with Gasteiger partial charge >= 0.3 is 0 Å². The quantitative estimate of drug-likeness (QED) is 0.537. The van der Waals surface area contributed by atoms with E-state index in [9.17, 15) is 9.59 Å². The molecule has 0 unspecified atom stereocenters. The van der Waals surface area contributed by atoms with Crippen molar-refractivity contribution < 1.29 is 9.59 Å². The smallest absolute Gasteiger partial charge is 0.228 e. The predicted molar refractivity (Wildman–Crippen MR) is 107 cm³/mol. The molecule has 27 heavy (non-hydrogen) atoms. The molecule has 1 saturated heterocycles. The van der Waals surface area contributed by atoms with Crippen LogP contribution < -0.4 is 10.2 Å². The summed E-state index contributed by atoms with van der Waals surface area (Å²) >= 11 is 2.91. The largest absolute Gasteiger partial charge is 0.351 e. The van der Waals surface area contributed by atoms with Crippen LogP contribution in [-0.2, 0) is 11.3 Å². The van der Waals surface area contributed by atoms with Crippen LogP contribution in [0.2, 0.25) is 0 Å². The van der Waals surface area contributed by atoms with E-state index < -0.39 is 0 Å². The molecule has 144 valence electrons. The van der Waals surface area contributed by atoms with Crippen LogP contribution in [0.4, 0.5) is 5.95 Å². The first kappa shape index (κ1) is 18.5. The van der Waals surface area contributed by atoms with Gasteiger partial charge in [0.1, 0.15) is 0 Å². The number of ketones is 1. The first-order valence-corrected chi connectivity index (χ1v) is 11.1. The number of hydrogen-bond acceptors (Lipinski definition) is 7. The lowest BCUT2D eigenvalue weighted by Gasteiger charge is -2.17. The van der Waals surface area contributed by atoms with Crippen molar-refractivity contribution in [1.82, 2.24) is 20.1 Å². The number of carbonyl (C=O) groups excluding carboxylic acids is 2. The van der Waals surface area contributed by atoms with Gasteiger partial charge in [0.25, 0.3) is 0 Å². The molecule has 3 heterocycles. The van der Waals surface area contributed by atoms with Crippen LogP contribution in [0.3, 0.4) is 0 Å². The Bertz CT molecular complexity index is 837. The summed E-state index contributed by atoms with van der Waals surface area (Å²) in [7, 11) is 0. The molecule has 2 aromatic heterocycles. The van der Waals surface area contributed by atoms with Gasteiger partial charge < -0.3 is 10.2 Å². The van der Waals surface area contributed by atoms with Crippen molar-refractivity contribution in [3.63, 3.8) is 0 Å². The van der Waals surface area contributed by atoms with E-state index in [0.29, 0.717) is 18.3 Å². The molecule has 1 N–H and O–H groups in total. The standard InChI is InChI=1S/C18H23N5O2S2/c1-12(24)19-10-14-6-7-16(27-14)15(25)11-26-18-21-20-17(22-8-2-3-9-22)23(18)13-4-5-13/h6-7,13H,2-5,8-11H2,1H3,(H,19,24). The Kier molecular flexibility index (Phi) is 5.49. The minimum atomic E-state index is -0.0694. The SMILES string of the molecule is CC(=O)NCc1ccc(C(=O)CSc2nnc(N3CCCC3)n2C2CC2)s1. The van der Waals surface area contributed by atoms with Crippen molar-refractivity contribution in [2.24, 2.45) is 0 Å². The molecule has 0 radical (unpaired) electrons. The maximum Gasteiger partial charge on any atom is 0.228 e. The molecular formula is C18H23N5O2S2. The highest BCUT2D eigenvalue weighted by atomic mass is 32.2. The van der Waals surface area contributed by atoms with Gasteiger partial charge in [0, 0.05) is 30.9 Å². The van der Waals surface area contributed by atoms with Crippen molar-refractivity contribution in [1.29, 1.82) is 0 Å². The van der Waals surface area contributed by atoms with Crippen molar-refractivity contribution in [3.8, 4) is 0 Å². The average molecular weight is 406 g/mol. The topological polar surface area (TPSA) is 80.1 Å². The van der Waals surface area contributed by atoms with Crippen LogP contribution in [0.5, 0.6) is 0 Å². The summed E-state index contributed by atoms with van der Waals surface area (Å²) in [6.45, 7) is 4.04. The normalized spacial score (nSPS) is 16.7. The Balaban J connectivity index is 1.40. The zero-order valence-corrected chi connectivity index (χ0v) is 16.9. The van der Waals surface area contributed by atoms with E-state index in [1.807, 2.05) is 12.1 Å². The van der Waals surface area contributed by atoms with Crippen LogP contribution in [-0.4, -0.2) is 45.3 Å². The van der Waals surface area contributed by atoms with Gasteiger partial charge in [-0.2, -0.15) is 0 Å². The molecular weight excluding hydrogens is 382 g/mol. The third-order valence-electron chi connectivity index (χ3n) is 4.73. The van der Waals surface area contributed by atoms with Crippen molar-refractivity contribution >= 4 is 40.7 Å². The predicted octanol–water partition coefficient (Wildman–Crippen LogP) is 2.89. The monoisotopic (exact) mass is 405 g/mol. The third-order valence-corrected chi connectivity index (χ3v) is 6.80. The van der Waals surface area contributed by atoms with Gasteiger partial charge in [0.05, 0.1) is 17.2 Å². The van der Waals surface area contributed by atoms with Crippen LogP contribution in [0, 0.1) is 0 Å². The molecule has 1 saturated carbocycles. The summed E-state index contributed by atoms with van der Waals surface area (Å²) in [6.07, 6.45) is 4.74. The Morgan fingerprint density at radius 3 is 2.74 bits per heavy atom. The molecule has 0 atom stereocenters. The molecule has 0 spiro atoms. The lowest BCUT2D eigenvalue weighted by Crippen LogP contribution is -2.22. The van der Waals surface area contributed by atoms with Gasteiger partial charge in [0.15, 0.2) is 10.9 Å². The van der Waals surface area contributed by atoms with Gasteiger partial charge in [0.2, 0.25) is 11.9 Å². The summed E-state index contributed by atoms with van der Waals surface area (Å²) < 4.78 is 2.24. The summed E-state index contributed by atoms with van der Waals surface area (Å²) in [5, 5.41) is 12.4. The second-order valence-electron chi connectivity index (χ2n) is 6.97. The molecule has 1 amide bonds. The van der Waals surface area contributed by atoms with E-state index in [4.69, 9.17) is 0 Å². The molecule has 4 rings (SSSR count). The third kappa shape index (κ3) is 4.35. The lowest BCUT2D eigenvalue weighted by atomic mass is 10.3. The first-order chi connectivity index (χ1) is 13.1. The maximum atomic E-state index is 12.6. The van der Waals surface area contributed by atoms with E-state index in [1.165, 1.54) is 42.9 Å². The number of aromatic nitrogens is 3. The number of thiophene rings is 1. The van der Waals surface area contributed by atoms with Crippen molar-refractivity contribution in [2.75, 3.05) is 23.7 Å². The van der Waals surface area contributed by atoms with E-state index in [0.717, 1.165) is 46.8 Å². The molecule has 7 nitrogen and oxygen atoms in total. The zero-order valence-electron chi connectivity index (χ0n) is 15.3. The fourth-order valence-electron chi connectivity index (χ4n) is 3.19. The van der Waals surface area contributed by atoms with Gasteiger partial charge in [-0.1, -0.05) is 11.8 Å². The molecule has 2 aromatic rings. The van der Waals surface area contributed by atoms with E-state index in [-0.39, 0.29) is 11.7 Å². The number of thioether (sulfide) groups is 1. The Hall–Kier alpha value is -1.87. The molecule has 1 aliphatic carbocycles. The highest BCUT2D eigenvalue weighted by molar-refractivity contribution is 7.99. The maximum absolute atomic E-state index is 12.6. The summed E-state index contributed by atoms with van der Waals surface area (Å²) in [4.78, 5) is 27.6. The van der Waals surface area contributed by atoms with Gasteiger partial charge in [-0.05, 0) is 37.8 Å². The number of anilines is 1. The van der Waals surface area contributed by atoms with E-state index in [1.54, 1.807) is 0 Å². The van der Waals surface area contributed by atoms with Crippen molar-refractivity contribution in [3.05, 3.63) is 21.9 Å². The second-order valence-corrected chi connectivity index (χ2v) is 9.08. The van der Waals surface area contributed by atoms with Crippen LogP contribution >= 0.6 is 23.1 Å². The fourth-order valence-corrected chi connectivity index (χ4v) is 5.05. The first-order valence-electron chi connectivity index (χ1n) is 9.31. The van der Waals surface area contributed by atoms with E-state index in [2.05, 4.69) is 25.0 Å². The second kappa shape index (κ2) is 8.02. The molecule has 2 aliphatic rings. The number of nitrogens with zero attached hydrogens (tertiary/aromatic N) is 4. The Morgan fingerprint density at radius 1 is 1.26 bits per heavy atom. The van der Waals surface area contributed by atoms with Gasteiger partial charge in [-0.3, -0.25) is 14.2 Å². The van der Waals surface area contributed by atoms with Crippen LogP contribution in [0.1, 0.15) is 53.2 Å². The minimum absolute atomic E-state index is 0.0694. The number of nitrogens with one attached hydrogen (secondary N) is 1. The molecule has 9 heteroatoms. The number of carbonyl (C=O) groups is 2. The number of hydrogen-bond donors (Lipinski definition) is 1. The number of Topliss-reactive ketones (excluding diaryl/α,β-unsaturated/α-hetero) is 1. The summed E-state index contributed by atoms with van der Waals surface area (Å²) in [5.41, 5.74) is 0. The van der Waals surface area contributed by atoms with Crippen LogP contribution in [0.15, 0.2) is 17.3 Å². The number of amides is 1. The Labute approximate surface area is 166 Å². The molecule has 0 aromatic carbocycles. The lowest BCUT2D eigenvalue weighted by molar-refractivity contribution is -0.119. The van der Waals surface area contributed by atoms with Gasteiger partial charge in [-0.15, -0.1) is 21.5 Å². The summed E-state index contributed by atoms with van der Waals surface area (Å²) in [5.74, 6) is 1.34. The van der Waals surface area contributed by atoms with Crippen LogP contribution in [0.25, 0.3) is 0 Å². The average Bonchev–Trinajstić information content (AvgIpc) is 3.09. The highest BCUT2D eigenvalue weighted by Gasteiger charge is 2.32. The minimum Gasteiger partial charge on any atom is -0.351 e. The zero-order chi connectivity index (χ0) is 18.8. The molecule has 2 fully saturated rings. The van der Waals surface area contributed by atoms with Crippen molar-refractivity contribution in [2.45, 2.75) is 50.4 Å².